The number of hydrogen-bond acceptors (Lipinski definition) is 4. The number of amides is 1. The molecule has 1 aromatic heterocycles. The standard InChI is InChI=1S/C14H17FN4O2/c1-9-7-10(15)3-4-11(9)19-8-12(20)13(18-19)14(21)17-6-2-5-16/h3-4,7-8,20H,2,5-6,16H2,1H3,(H,17,21). The van der Waals surface area contributed by atoms with Crippen LogP contribution in [0.25, 0.3) is 5.69 Å². The molecule has 0 bridgehead atoms. The number of benzene rings is 1. The van der Waals surface area contributed by atoms with Crippen LogP contribution in [0.4, 0.5) is 4.39 Å². The molecular formula is C14H17FN4O2. The maximum Gasteiger partial charge on any atom is 0.275 e. The van der Waals surface area contributed by atoms with E-state index in [0.717, 1.165) is 0 Å². The molecule has 0 aliphatic heterocycles. The van der Waals surface area contributed by atoms with Gasteiger partial charge in [-0.1, -0.05) is 0 Å². The van der Waals surface area contributed by atoms with E-state index in [1.165, 1.54) is 29.1 Å². The molecular weight excluding hydrogens is 275 g/mol. The second-order valence-electron chi connectivity index (χ2n) is 4.64. The zero-order valence-electron chi connectivity index (χ0n) is 11.6. The first-order valence-electron chi connectivity index (χ1n) is 6.56. The number of aryl methyl sites for hydroxylation is 1. The van der Waals surface area contributed by atoms with Crippen LogP contribution in [0.5, 0.6) is 5.75 Å². The Morgan fingerprint density at radius 3 is 2.95 bits per heavy atom. The van der Waals surface area contributed by atoms with E-state index in [0.29, 0.717) is 30.8 Å². The van der Waals surface area contributed by atoms with Gasteiger partial charge in [-0.2, -0.15) is 5.10 Å². The van der Waals surface area contributed by atoms with Gasteiger partial charge in [0.1, 0.15) is 5.82 Å². The fraction of sp³-hybridized carbons (Fsp3) is 0.286. The summed E-state index contributed by atoms with van der Waals surface area (Å²) in [6.45, 7) is 2.60. The highest BCUT2D eigenvalue weighted by Gasteiger charge is 2.17. The molecule has 0 aliphatic rings. The predicted molar refractivity (Wildman–Crippen MR) is 75.9 cm³/mol. The molecule has 2 aromatic rings. The summed E-state index contributed by atoms with van der Waals surface area (Å²) in [4.78, 5) is 11.9. The summed E-state index contributed by atoms with van der Waals surface area (Å²) in [6.07, 6.45) is 1.96. The number of aromatic hydroxyl groups is 1. The summed E-state index contributed by atoms with van der Waals surface area (Å²) in [5, 5.41) is 16.5. The minimum atomic E-state index is -0.473. The highest BCUT2D eigenvalue weighted by molar-refractivity contribution is 5.94. The maximum absolute atomic E-state index is 13.1. The first kappa shape index (κ1) is 15.0. The van der Waals surface area contributed by atoms with Crippen LogP contribution >= 0.6 is 0 Å². The Labute approximate surface area is 121 Å². The van der Waals surface area contributed by atoms with Gasteiger partial charge in [-0.25, -0.2) is 9.07 Å². The van der Waals surface area contributed by atoms with Crippen LogP contribution in [0.3, 0.4) is 0 Å². The van der Waals surface area contributed by atoms with E-state index < -0.39 is 5.91 Å². The van der Waals surface area contributed by atoms with Crippen molar-refractivity contribution in [3.8, 4) is 11.4 Å². The SMILES string of the molecule is Cc1cc(F)ccc1-n1cc(O)c(C(=O)NCCCN)n1. The third-order valence-corrected chi connectivity index (χ3v) is 2.98. The molecule has 2 rings (SSSR count). The Bertz CT molecular complexity index is 654. The van der Waals surface area contributed by atoms with Gasteiger partial charge in [-0.3, -0.25) is 4.79 Å². The van der Waals surface area contributed by atoms with E-state index in [9.17, 15) is 14.3 Å². The van der Waals surface area contributed by atoms with Gasteiger partial charge in [0.05, 0.1) is 11.9 Å². The number of aromatic nitrogens is 2. The Morgan fingerprint density at radius 1 is 1.52 bits per heavy atom. The molecule has 0 spiro atoms. The number of carbonyl (C=O) groups is 1. The molecule has 1 heterocycles. The molecule has 6 nitrogen and oxygen atoms in total. The van der Waals surface area contributed by atoms with Gasteiger partial charge in [0.2, 0.25) is 0 Å². The van der Waals surface area contributed by atoms with E-state index in [4.69, 9.17) is 5.73 Å². The highest BCUT2D eigenvalue weighted by Crippen LogP contribution is 2.20. The number of nitrogens with zero attached hydrogens (tertiary/aromatic N) is 2. The van der Waals surface area contributed by atoms with Gasteiger partial charge < -0.3 is 16.2 Å². The quantitative estimate of drug-likeness (QED) is 0.720. The fourth-order valence-corrected chi connectivity index (χ4v) is 1.91. The Morgan fingerprint density at radius 2 is 2.29 bits per heavy atom. The first-order chi connectivity index (χ1) is 10.0. The van der Waals surface area contributed by atoms with Crippen LogP contribution < -0.4 is 11.1 Å². The van der Waals surface area contributed by atoms with Crippen molar-refractivity contribution in [1.82, 2.24) is 15.1 Å². The summed E-state index contributed by atoms with van der Waals surface area (Å²) in [6, 6.07) is 4.18. The van der Waals surface area contributed by atoms with E-state index in [-0.39, 0.29) is 17.3 Å². The van der Waals surface area contributed by atoms with Crippen molar-refractivity contribution in [3.05, 3.63) is 41.5 Å². The fourth-order valence-electron chi connectivity index (χ4n) is 1.91. The van der Waals surface area contributed by atoms with E-state index in [2.05, 4.69) is 10.4 Å². The van der Waals surface area contributed by atoms with Crippen LogP contribution in [-0.4, -0.2) is 33.9 Å². The molecule has 7 heteroatoms. The molecule has 0 unspecified atom stereocenters. The molecule has 4 N–H and O–H groups in total. The van der Waals surface area contributed by atoms with Crippen LogP contribution in [0, 0.1) is 12.7 Å². The van der Waals surface area contributed by atoms with Gasteiger partial charge in [0.15, 0.2) is 11.4 Å². The minimum absolute atomic E-state index is 0.0734. The first-order valence-corrected chi connectivity index (χ1v) is 6.56. The van der Waals surface area contributed by atoms with Gasteiger partial charge in [-0.15, -0.1) is 0 Å². The number of halogens is 1. The molecule has 0 radical (unpaired) electrons. The number of hydrogen-bond donors (Lipinski definition) is 3. The van der Waals surface area contributed by atoms with Crippen molar-refractivity contribution >= 4 is 5.91 Å². The number of carbonyl (C=O) groups excluding carboxylic acids is 1. The van der Waals surface area contributed by atoms with Crippen molar-refractivity contribution in [3.63, 3.8) is 0 Å². The maximum atomic E-state index is 13.1. The van der Waals surface area contributed by atoms with Crippen molar-refractivity contribution in [2.75, 3.05) is 13.1 Å². The summed E-state index contributed by atoms with van der Waals surface area (Å²) >= 11 is 0. The average Bonchev–Trinajstić information content (AvgIpc) is 2.80. The van der Waals surface area contributed by atoms with Gasteiger partial charge in [0, 0.05) is 6.54 Å². The Hall–Kier alpha value is -2.41. The van der Waals surface area contributed by atoms with E-state index in [1.807, 2.05) is 0 Å². The smallest absolute Gasteiger partial charge is 0.275 e. The van der Waals surface area contributed by atoms with Crippen LogP contribution in [0.15, 0.2) is 24.4 Å². The molecule has 1 aromatic carbocycles. The zero-order chi connectivity index (χ0) is 15.4. The van der Waals surface area contributed by atoms with E-state index in [1.54, 1.807) is 6.92 Å². The van der Waals surface area contributed by atoms with Gasteiger partial charge in [0.25, 0.3) is 5.91 Å². The lowest BCUT2D eigenvalue weighted by molar-refractivity contribution is 0.0945. The molecule has 0 atom stereocenters. The molecule has 1 amide bonds. The lowest BCUT2D eigenvalue weighted by Gasteiger charge is -2.05. The summed E-state index contributed by atoms with van der Waals surface area (Å²) < 4.78 is 14.4. The van der Waals surface area contributed by atoms with Crippen molar-refractivity contribution < 1.29 is 14.3 Å². The highest BCUT2D eigenvalue weighted by atomic mass is 19.1. The number of nitrogens with one attached hydrogen (secondary N) is 1. The van der Waals surface area contributed by atoms with Crippen molar-refractivity contribution in [2.45, 2.75) is 13.3 Å². The second-order valence-corrected chi connectivity index (χ2v) is 4.64. The third-order valence-electron chi connectivity index (χ3n) is 2.98. The molecule has 0 saturated carbocycles. The van der Waals surface area contributed by atoms with Gasteiger partial charge in [-0.05, 0) is 43.7 Å². The summed E-state index contributed by atoms with van der Waals surface area (Å²) in [7, 11) is 0. The van der Waals surface area contributed by atoms with Crippen LogP contribution in [0.1, 0.15) is 22.5 Å². The Kier molecular flexibility index (Phi) is 4.54. The van der Waals surface area contributed by atoms with Gasteiger partial charge >= 0.3 is 0 Å². The number of rotatable bonds is 5. The van der Waals surface area contributed by atoms with Crippen molar-refractivity contribution in [1.29, 1.82) is 0 Å². The molecule has 0 aliphatic carbocycles. The summed E-state index contributed by atoms with van der Waals surface area (Å²) in [5.41, 5.74) is 6.50. The normalized spacial score (nSPS) is 10.6. The van der Waals surface area contributed by atoms with Crippen molar-refractivity contribution in [2.24, 2.45) is 5.73 Å². The Balaban J connectivity index is 2.24. The topological polar surface area (TPSA) is 93.2 Å². The average molecular weight is 292 g/mol. The molecule has 21 heavy (non-hydrogen) atoms. The van der Waals surface area contributed by atoms with E-state index >= 15 is 0 Å². The molecule has 112 valence electrons. The zero-order valence-corrected chi connectivity index (χ0v) is 11.6. The largest absolute Gasteiger partial charge is 0.504 e. The minimum Gasteiger partial charge on any atom is -0.504 e. The predicted octanol–water partition coefficient (Wildman–Crippen LogP) is 1.10. The third kappa shape index (κ3) is 3.38. The second kappa shape index (κ2) is 6.36. The lowest BCUT2D eigenvalue weighted by Crippen LogP contribution is -2.26. The van der Waals surface area contributed by atoms with Crippen LogP contribution in [-0.2, 0) is 0 Å². The lowest BCUT2D eigenvalue weighted by atomic mass is 10.2. The monoisotopic (exact) mass is 292 g/mol. The number of nitrogens with two attached hydrogens (primary N) is 1. The molecule has 0 saturated heterocycles. The van der Waals surface area contributed by atoms with Crippen LogP contribution in [0.2, 0.25) is 0 Å². The molecule has 0 fully saturated rings. The summed E-state index contributed by atoms with van der Waals surface area (Å²) in [5.74, 6) is -1.06.